The minimum absolute atomic E-state index is 0.155. The van der Waals surface area contributed by atoms with Gasteiger partial charge >= 0.3 is 0 Å². The number of rotatable bonds is 6. The molecule has 27 heavy (non-hydrogen) atoms. The number of nitrogens with one attached hydrogen (secondary N) is 2. The van der Waals surface area contributed by atoms with Crippen LogP contribution in [-0.4, -0.2) is 49.6 Å². The van der Waals surface area contributed by atoms with E-state index in [1.54, 1.807) is 12.1 Å². The highest BCUT2D eigenvalue weighted by molar-refractivity contribution is 5.79. The summed E-state index contributed by atoms with van der Waals surface area (Å²) < 4.78 is 13.2. The first-order valence-electron chi connectivity index (χ1n) is 10.7. The van der Waals surface area contributed by atoms with Crippen molar-refractivity contribution in [2.24, 2.45) is 4.99 Å². The Bertz CT molecular complexity index is 590. The molecule has 0 unspecified atom stereocenters. The van der Waals surface area contributed by atoms with E-state index in [0.29, 0.717) is 6.04 Å². The van der Waals surface area contributed by atoms with Crippen molar-refractivity contribution >= 4 is 5.96 Å². The second-order valence-corrected chi connectivity index (χ2v) is 7.98. The van der Waals surface area contributed by atoms with E-state index in [0.717, 1.165) is 37.0 Å². The van der Waals surface area contributed by atoms with Crippen LogP contribution in [0.15, 0.2) is 29.3 Å². The molecule has 1 saturated carbocycles. The first-order chi connectivity index (χ1) is 13.2. The van der Waals surface area contributed by atoms with Crippen molar-refractivity contribution in [3.05, 3.63) is 35.6 Å². The zero-order chi connectivity index (χ0) is 18.9. The second kappa shape index (κ2) is 10.6. The van der Waals surface area contributed by atoms with E-state index in [1.165, 1.54) is 64.1 Å². The molecule has 4 nitrogen and oxygen atoms in total. The van der Waals surface area contributed by atoms with Crippen molar-refractivity contribution in [3.8, 4) is 0 Å². The van der Waals surface area contributed by atoms with Crippen LogP contribution < -0.4 is 10.6 Å². The standard InChI is InChI=1S/C22H35FN4/c1-24-22(25-14-6-8-18-7-5-9-19(23)17-18)26-20-12-15-27(16-13-20)21-10-3-2-4-11-21/h5,7,9,17,20-21H,2-4,6,8,10-16H2,1H3,(H2,24,25,26). The van der Waals surface area contributed by atoms with Crippen LogP contribution in [0.1, 0.15) is 56.9 Å². The van der Waals surface area contributed by atoms with Crippen LogP contribution in [0.3, 0.4) is 0 Å². The number of halogens is 1. The summed E-state index contributed by atoms with van der Waals surface area (Å²) in [5.74, 6) is 0.739. The maximum atomic E-state index is 13.2. The predicted molar refractivity (Wildman–Crippen MR) is 111 cm³/mol. The average molecular weight is 375 g/mol. The maximum absolute atomic E-state index is 13.2. The van der Waals surface area contributed by atoms with Gasteiger partial charge in [-0.3, -0.25) is 4.99 Å². The van der Waals surface area contributed by atoms with Gasteiger partial charge in [-0.1, -0.05) is 31.4 Å². The summed E-state index contributed by atoms with van der Waals surface area (Å²) in [4.78, 5) is 7.09. The minimum Gasteiger partial charge on any atom is -0.356 e. The fourth-order valence-corrected chi connectivity index (χ4v) is 4.43. The fourth-order valence-electron chi connectivity index (χ4n) is 4.43. The van der Waals surface area contributed by atoms with Gasteiger partial charge in [-0.2, -0.15) is 0 Å². The molecule has 0 spiro atoms. The van der Waals surface area contributed by atoms with E-state index in [1.807, 2.05) is 13.1 Å². The molecule has 0 amide bonds. The molecule has 150 valence electrons. The van der Waals surface area contributed by atoms with Crippen LogP contribution >= 0.6 is 0 Å². The lowest BCUT2D eigenvalue weighted by Gasteiger charge is -2.39. The summed E-state index contributed by atoms with van der Waals surface area (Å²) in [6.45, 7) is 3.26. The molecule has 0 atom stereocenters. The van der Waals surface area contributed by atoms with E-state index in [4.69, 9.17) is 0 Å². The normalized spacial score (nSPS) is 20.6. The highest BCUT2D eigenvalue weighted by Gasteiger charge is 2.26. The number of benzene rings is 1. The molecule has 1 saturated heterocycles. The number of likely N-dealkylation sites (tertiary alicyclic amines) is 1. The lowest BCUT2D eigenvalue weighted by molar-refractivity contribution is 0.119. The van der Waals surface area contributed by atoms with Crippen molar-refractivity contribution in [2.45, 2.75) is 69.9 Å². The van der Waals surface area contributed by atoms with Gasteiger partial charge in [-0.15, -0.1) is 0 Å². The van der Waals surface area contributed by atoms with E-state index < -0.39 is 0 Å². The Kier molecular flexibility index (Phi) is 7.93. The van der Waals surface area contributed by atoms with Crippen LogP contribution in [0.25, 0.3) is 0 Å². The van der Waals surface area contributed by atoms with Gasteiger partial charge in [0.25, 0.3) is 0 Å². The average Bonchev–Trinajstić information content (AvgIpc) is 2.71. The van der Waals surface area contributed by atoms with Gasteiger partial charge in [0.1, 0.15) is 5.82 Å². The number of hydrogen-bond donors (Lipinski definition) is 2. The van der Waals surface area contributed by atoms with Gasteiger partial charge in [-0.05, 0) is 56.2 Å². The monoisotopic (exact) mass is 374 g/mol. The molecule has 1 aliphatic carbocycles. The van der Waals surface area contributed by atoms with Crippen molar-refractivity contribution in [3.63, 3.8) is 0 Å². The molecule has 0 radical (unpaired) electrons. The number of piperidine rings is 1. The lowest BCUT2D eigenvalue weighted by atomic mass is 9.92. The van der Waals surface area contributed by atoms with Crippen LogP contribution in [-0.2, 0) is 6.42 Å². The Morgan fingerprint density at radius 3 is 2.63 bits per heavy atom. The quantitative estimate of drug-likeness (QED) is 0.453. The van der Waals surface area contributed by atoms with E-state index >= 15 is 0 Å². The van der Waals surface area contributed by atoms with Crippen LogP contribution in [0.4, 0.5) is 4.39 Å². The Morgan fingerprint density at radius 2 is 1.93 bits per heavy atom. The highest BCUT2D eigenvalue weighted by Crippen LogP contribution is 2.25. The highest BCUT2D eigenvalue weighted by atomic mass is 19.1. The summed E-state index contributed by atoms with van der Waals surface area (Å²) in [5.41, 5.74) is 1.05. The molecule has 1 aromatic carbocycles. The molecule has 2 aliphatic rings. The van der Waals surface area contributed by atoms with Gasteiger partial charge < -0.3 is 15.5 Å². The number of guanidine groups is 1. The molecule has 0 aromatic heterocycles. The molecule has 2 fully saturated rings. The third-order valence-corrected chi connectivity index (χ3v) is 6.01. The first kappa shape index (κ1) is 20.1. The Hall–Kier alpha value is -1.62. The molecule has 1 aliphatic heterocycles. The second-order valence-electron chi connectivity index (χ2n) is 7.98. The van der Waals surface area contributed by atoms with Gasteiger partial charge in [-0.25, -0.2) is 4.39 Å². The minimum atomic E-state index is -0.155. The third-order valence-electron chi connectivity index (χ3n) is 6.01. The van der Waals surface area contributed by atoms with Gasteiger partial charge in [0.05, 0.1) is 0 Å². The lowest BCUT2D eigenvalue weighted by Crippen LogP contribution is -2.51. The number of nitrogens with zero attached hydrogens (tertiary/aromatic N) is 2. The Balaban J connectivity index is 1.33. The molecular weight excluding hydrogens is 339 g/mol. The zero-order valence-electron chi connectivity index (χ0n) is 16.7. The third kappa shape index (κ3) is 6.49. The SMILES string of the molecule is CN=C(NCCCc1cccc(F)c1)NC1CCN(C2CCCCC2)CC1. The summed E-state index contributed by atoms with van der Waals surface area (Å²) in [7, 11) is 1.83. The Labute approximate surface area is 163 Å². The molecule has 0 bridgehead atoms. The summed E-state index contributed by atoms with van der Waals surface area (Å²) in [6, 6.07) is 8.22. The van der Waals surface area contributed by atoms with Crippen molar-refractivity contribution < 1.29 is 4.39 Å². The van der Waals surface area contributed by atoms with Crippen molar-refractivity contribution in [1.82, 2.24) is 15.5 Å². The van der Waals surface area contributed by atoms with E-state index in [9.17, 15) is 4.39 Å². The van der Waals surface area contributed by atoms with Gasteiger partial charge in [0.2, 0.25) is 0 Å². The maximum Gasteiger partial charge on any atom is 0.191 e. The van der Waals surface area contributed by atoms with E-state index in [-0.39, 0.29) is 5.82 Å². The summed E-state index contributed by atoms with van der Waals surface area (Å²) in [5, 5.41) is 7.00. The van der Waals surface area contributed by atoms with Crippen LogP contribution in [0.5, 0.6) is 0 Å². The fraction of sp³-hybridized carbons (Fsp3) is 0.682. The topological polar surface area (TPSA) is 39.7 Å². The van der Waals surface area contributed by atoms with E-state index in [2.05, 4.69) is 20.5 Å². The molecular formula is C22H35FN4. The van der Waals surface area contributed by atoms with Gasteiger partial charge in [0.15, 0.2) is 5.96 Å². The molecule has 3 rings (SSSR count). The smallest absolute Gasteiger partial charge is 0.191 e. The Morgan fingerprint density at radius 1 is 1.15 bits per heavy atom. The predicted octanol–water partition coefficient (Wildman–Crippen LogP) is 3.72. The molecule has 1 aromatic rings. The summed E-state index contributed by atoms with van der Waals surface area (Å²) >= 11 is 0. The molecule has 2 N–H and O–H groups in total. The largest absolute Gasteiger partial charge is 0.356 e. The van der Waals surface area contributed by atoms with Crippen molar-refractivity contribution in [2.75, 3.05) is 26.7 Å². The molecule has 1 heterocycles. The summed E-state index contributed by atoms with van der Waals surface area (Å²) in [6.07, 6.45) is 11.3. The zero-order valence-corrected chi connectivity index (χ0v) is 16.7. The number of hydrogen-bond acceptors (Lipinski definition) is 2. The van der Waals surface area contributed by atoms with Crippen LogP contribution in [0.2, 0.25) is 0 Å². The van der Waals surface area contributed by atoms with Crippen LogP contribution in [0, 0.1) is 5.82 Å². The molecule has 5 heteroatoms. The number of aryl methyl sites for hydroxylation is 1. The van der Waals surface area contributed by atoms with Gasteiger partial charge in [0, 0.05) is 38.8 Å². The first-order valence-corrected chi connectivity index (χ1v) is 10.7. The number of aliphatic imine (C=N–C) groups is 1. The van der Waals surface area contributed by atoms with Crippen molar-refractivity contribution in [1.29, 1.82) is 0 Å².